The van der Waals surface area contributed by atoms with Crippen LogP contribution in [-0.2, 0) is 19.5 Å². The third-order valence-electron chi connectivity index (χ3n) is 3.43. The number of para-hydroxylation sites is 1. The Labute approximate surface area is 124 Å². The van der Waals surface area contributed by atoms with Crippen molar-refractivity contribution in [1.29, 1.82) is 0 Å². The lowest BCUT2D eigenvalue weighted by atomic mass is 10.0. The first-order valence-corrected chi connectivity index (χ1v) is 7.83. The number of nitrogens with zero attached hydrogens (tertiary/aromatic N) is 1. The molecule has 2 heterocycles. The van der Waals surface area contributed by atoms with Gasteiger partial charge in [0.2, 0.25) is 0 Å². The van der Waals surface area contributed by atoms with Crippen molar-refractivity contribution in [1.82, 2.24) is 10.3 Å². The summed E-state index contributed by atoms with van der Waals surface area (Å²) in [6, 6.07) is 6.42. The maximum absolute atomic E-state index is 6.08. The normalized spacial score (nSPS) is 15.9. The van der Waals surface area contributed by atoms with E-state index in [0.717, 1.165) is 36.0 Å². The van der Waals surface area contributed by atoms with Crippen molar-refractivity contribution >= 4 is 11.3 Å². The molecule has 0 saturated carbocycles. The van der Waals surface area contributed by atoms with E-state index in [2.05, 4.69) is 47.7 Å². The number of benzene rings is 1. The number of nitrogens with one attached hydrogen (secondary N) is 1. The molecule has 20 heavy (non-hydrogen) atoms. The van der Waals surface area contributed by atoms with E-state index >= 15 is 0 Å². The summed E-state index contributed by atoms with van der Waals surface area (Å²) in [5.41, 5.74) is 3.57. The third kappa shape index (κ3) is 2.86. The second kappa shape index (κ2) is 5.19. The van der Waals surface area contributed by atoms with Gasteiger partial charge in [0.15, 0.2) is 0 Å². The summed E-state index contributed by atoms with van der Waals surface area (Å²) in [5, 5.41) is 6.68. The molecule has 3 rings (SSSR count). The zero-order valence-electron chi connectivity index (χ0n) is 12.2. The Hall–Kier alpha value is -1.39. The molecule has 0 radical (unpaired) electrons. The van der Waals surface area contributed by atoms with Crippen LogP contribution in [-0.4, -0.2) is 10.6 Å². The molecule has 0 unspecified atom stereocenters. The summed E-state index contributed by atoms with van der Waals surface area (Å²) >= 11 is 1.71. The number of aromatic nitrogens is 1. The Bertz CT molecular complexity index is 619. The van der Waals surface area contributed by atoms with E-state index in [1.807, 2.05) is 6.92 Å². The van der Waals surface area contributed by atoms with Crippen LogP contribution in [0.15, 0.2) is 23.6 Å². The Morgan fingerprint density at radius 3 is 2.95 bits per heavy atom. The van der Waals surface area contributed by atoms with Gasteiger partial charge in [0.1, 0.15) is 16.4 Å². The summed E-state index contributed by atoms with van der Waals surface area (Å²) < 4.78 is 6.08. The fourth-order valence-electron chi connectivity index (χ4n) is 2.61. The van der Waals surface area contributed by atoms with Crippen molar-refractivity contribution in [3.63, 3.8) is 0 Å². The standard InChI is InChI=1S/C16H20N2OS/c1-11-10-20-14(18-11)9-17-8-13-6-4-5-12-7-16(2,3)19-15(12)13/h4-6,10,17H,7-9H2,1-3H3. The van der Waals surface area contributed by atoms with Gasteiger partial charge in [0.25, 0.3) is 0 Å². The average molecular weight is 288 g/mol. The molecule has 1 aromatic heterocycles. The van der Waals surface area contributed by atoms with E-state index in [1.165, 1.54) is 11.1 Å². The number of fused-ring (bicyclic) bond motifs is 1. The highest BCUT2D eigenvalue weighted by Gasteiger charge is 2.31. The van der Waals surface area contributed by atoms with Gasteiger partial charge in [-0.2, -0.15) is 0 Å². The average Bonchev–Trinajstić information content (AvgIpc) is 2.91. The van der Waals surface area contributed by atoms with Crippen molar-refractivity contribution in [2.75, 3.05) is 0 Å². The van der Waals surface area contributed by atoms with Crippen LogP contribution < -0.4 is 10.1 Å². The van der Waals surface area contributed by atoms with E-state index in [-0.39, 0.29) is 5.60 Å². The van der Waals surface area contributed by atoms with Gasteiger partial charge < -0.3 is 10.1 Å². The lowest BCUT2D eigenvalue weighted by molar-refractivity contribution is 0.137. The highest BCUT2D eigenvalue weighted by Crippen LogP contribution is 2.37. The minimum Gasteiger partial charge on any atom is -0.487 e. The van der Waals surface area contributed by atoms with E-state index in [1.54, 1.807) is 11.3 Å². The number of hydrogen-bond donors (Lipinski definition) is 1. The molecule has 1 aromatic carbocycles. The summed E-state index contributed by atoms with van der Waals surface area (Å²) in [6.07, 6.45) is 0.988. The quantitative estimate of drug-likeness (QED) is 0.935. The SMILES string of the molecule is Cc1csc(CNCc2cccc3c2OC(C)(C)C3)n1. The maximum Gasteiger partial charge on any atom is 0.127 e. The highest BCUT2D eigenvalue weighted by molar-refractivity contribution is 7.09. The molecule has 3 nitrogen and oxygen atoms in total. The molecule has 0 aliphatic carbocycles. The van der Waals surface area contributed by atoms with Gasteiger partial charge in [-0.1, -0.05) is 18.2 Å². The zero-order chi connectivity index (χ0) is 14.2. The smallest absolute Gasteiger partial charge is 0.127 e. The van der Waals surface area contributed by atoms with Crippen LogP contribution in [0.4, 0.5) is 0 Å². The van der Waals surface area contributed by atoms with Crippen LogP contribution in [0.5, 0.6) is 5.75 Å². The lowest BCUT2D eigenvalue weighted by Crippen LogP contribution is -2.25. The van der Waals surface area contributed by atoms with Gasteiger partial charge in [0, 0.05) is 36.1 Å². The summed E-state index contributed by atoms with van der Waals surface area (Å²) in [7, 11) is 0. The molecule has 2 aromatic rings. The van der Waals surface area contributed by atoms with Gasteiger partial charge in [-0.25, -0.2) is 4.98 Å². The fourth-order valence-corrected chi connectivity index (χ4v) is 3.35. The minimum absolute atomic E-state index is 0.0785. The van der Waals surface area contributed by atoms with Crippen LogP contribution in [0.1, 0.15) is 35.7 Å². The van der Waals surface area contributed by atoms with Crippen molar-refractivity contribution in [2.45, 2.75) is 45.9 Å². The number of thiazole rings is 1. The van der Waals surface area contributed by atoms with Crippen LogP contribution in [0.3, 0.4) is 0 Å². The number of ether oxygens (including phenoxy) is 1. The first-order chi connectivity index (χ1) is 9.53. The van der Waals surface area contributed by atoms with Crippen LogP contribution in [0, 0.1) is 6.92 Å². The molecule has 0 fully saturated rings. The molecular formula is C16H20N2OS. The van der Waals surface area contributed by atoms with E-state index < -0.39 is 0 Å². The van der Waals surface area contributed by atoms with Gasteiger partial charge in [0.05, 0.1) is 0 Å². The molecule has 0 spiro atoms. The topological polar surface area (TPSA) is 34.1 Å². The summed E-state index contributed by atoms with van der Waals surface area (Å²) in [6.45, 7) is 7.94. The fraction of sp³-hybridized carbons (Fsp3) is 0.438. The molecule has 0 amide bonds. The van der Waals surface area contributed by atoms with E-state index in [9.17, 15) is 0 Å². The van der Waals surface area contributed by atoms with Gasteiger partial charge in [-0.05, 0) is 26.3 Å². The molecular weight excluding hydrogens is 268 g/mol. The molecule has 0 saturated heterocycles. The van der Waals surface area contributed by atoms with Gasteiger partial charge in [-0.15, -0.1) is 11.3 Å². The minimum atomic E-state index is -0.0785. The molecule has 1 aliphatic rings. The predicted octanol–water partition coefficient (Wildman–Crippen LogP) is 3.45. The molecule has 4 heteroatoms. The van der Waals surface area contributed by atoms with Crippen LogP contribution >= 0.6 is 11.3 Å². The zero-order valence-corrected chi connectivity index (χ0v) is 13.0. The highest BCUT2D eigenvalue weighted by atomic mass is 32.1. The first kappa shape index (κ1) is 13.6. The Morgan fingerprint density at radius 2 is 2.20 bits per heavy atom. The maximum atomic E-state index is 6.08. The van der Waals surface area contributed by atoms with Crippen LogP contribution in [0.25, 0.3) is 0 Å². The lowest BCUT2D eigenvalue weighted by Gasteiger charge is -2.18. The Kier molecular flexibility index (Phi) is 3.52. The molecule has 1 aliphatic heterocycles. The summed E-state index contributed by atoms with van der Waals surface area (Å²) in [5.74, 6) is 1.07. The second-order valence-electron chi connectivity index (χ2n) is 5.93. The Balaban J connectivity index is 1.66. The number of aryl methyl sites for hydroxylation is 1. The molecule has 106 valence electrons. The second-order valence-corrected chi connectivity index (χ2v) is 6.87. The van der Waals surface area contributed by atoms with Crippen LogP contribution in [0.2, 0.25) is 0 Å². The van der Waals surface area contributed by atoms with Gasteiger partial charge in [-0.3, -0.25) is 0 Å². The number of hydrogen-bond acceptors (Lipinski definition) is 4. The third-order valence-corrected chi connectivity index (χ3v) is 4.40. The number of rotatable bonds is 4. The van der Waals surface area contributed by atoms with E-state index in [4.69, 9.17) is 4.74 Å². The largest absolute Gasteiger partial charge is 0.487 e. The molecule has 0 atom stereocenters. The Morgan fingerprint density at radius 1 is 1.35 bits per heavy atom. The van der Waals surface area contributed by atoms with Crippen molar-refractivity contribution in [3.05, 3.63) is 45.4 Å². The predicted molar refractivity (Wildman–Crippen MR) is 82.2 cm³/mol. The van der Waals surface area contributed by atoms with E-state index in [0.29, 0.717) is 0 Å². The summed E-state index contributed by atoms with van der Waals surface area (Å²) in [4.78, 5) is 4.46. The van der Waals surface area contributed by atoms with Crippen molar-refractivity contribution in [3.8, 4) is 5.75 Å². The monoisotopic (exact) mass is 288 g/mol. The first-order valence-electron chi connectivity index (χ1n) is 6.95. The van der Waals surface area contributed by atoms with Gasteiger partial charge >= 0.3 is 0 Å². The van der Waals surface area contributed by atoms with Crippen molar-refractivity contribution in [2.24, 2.45) is 0 Å². The molecule has 1 N–H and O–H groups in total. The van der Waals surface area contributed by atoms with Crippen molar-refractivity contribution < 1.29 is 4.74 Å². The molecule has 0 bridgehead atoms.